The molecule has 0 aromatic heterocycles. The van der Waals surface area contributed by atoms with Crippen LogP contribution < -0.4 is 0 Å². The first-order valence-corrected chi connectivity index (χ1v) is 8.33. The fourth-order valence-electron chi connectivity index (χ4n) is 4.42. The van der Waals surface area contributed by atoms with E-state index in [0.717, 1.165) is 17.8 Å². The molecule has 5 unspecified atom stereocenters. The summed E-state index contributed by atoms with van der Waals surface area (Å²) >= 11 is 0. The van der Waals surface area contributed by atoms with Gasteiger partial charge in [-0.05, 0) is 47.8 Å². The van der Waals surface area contributed by atoms with Crippen LogP contribution in [0.25, 0.3) is 0 Å². The maximum absolute atomic E-state index is 2.55. The summed E-state index contributed by atoms with van der Waals surface area (Å²) < 4.78 is 0. The summed E-state index contributed by atoms with van der Waals surface area (Å²) in [7, 11) is 0. The Bertz CT molecular complexity index is 257. The Morgan fingerprint density at radius 2 is 1.67 bits per heavy atom. The fourth-order valence-corrected chi connectivity index (χ4v) is 4.42. The summed E-state index contributed by atoms with van der Waals surface area (Å²) in [5, 5.41) is 0. The molecule has 1 aliphatic carbocycles. The molecule has 0 heteroatoms. The second-order valence-corrected chi connectivity index (χ2v) is 7.66. The van der Waals surface area contributed by atoms with E-state index in [0.29, 0.717) is 10.8 Å². The topological polar surface area (TPSA) is 0 Å². The summed E-state index contributed by atoms with van der Waals surface area (Å²) in [4.78, 5) is 0. The van der Waals surface area contributed by atoms with Crippen molar-refractivity contribution in [3.63, 3.8) is 0 Å². The Balaban J connectivity index is 2.95. The summed E-state index contributed by atoms with van der Waals surface area (Å²) in [5.74, 6) is 2.70. The van der Waals surface area contributed by atoms with Crippen molar-refractivity contribution in [2.45, 2.75) is 87.0 Å². The molecule has 0 heterocycles. The average molecular weight is 252 g/mol. The van der Waals surface area contributed by atoms with E-state index in [1.54, 1.807) is 0 Å². The lowest BCUT2D eigenvalue weighted by Gasteiger charge is -2.54. The van der Waals surface area contributed by atoms with Crippen LogP contribution >= 0.6 is 0 Å². The van der Waals surface area contributed by atoms with Crippen LogP contribution in [0, 0.1) is 28.6 Å². The largest absolute Gasteiger partial charge is 0.0651 e. The Morgan fingerprint density at radius 3 is 2.11 bits per heavy atom. The minimum absolute atomic E-state index is 0.579. The molecular formula is C18H36. The van der Waals surface area contributed by atoms with Gasteiger partial charge in [-0.1, -0.05) is 67.7 Å². The lowest BCUT2D eigenvalue weighted by atomic mass is 9.51. The fraction of sp³-hybridized carbons (Fsp3) is 1.00. The lowest BCUT2D eigenvalue weighted by molar-refractivity contribution is -0.0429. The van der Waals surface area contributed by atoms with Crippen LogP contribution in [0.1, 0.15) is 87.0 Å². The van der Waals surface area contributed by atoms with E-state index in [4.69, 9.17) is 0 Å². The molecule has 0 aliphatic heterocycles. The number of rotatable bonds is 5. The van der Waals surface area contributed by atoms with Gasteiger partial charge in [0, 0.05) is 0 Å². The monoisotopic (exact) mass is 252 g/mol. The molecule has 0 aromatic carbocycles. The minimum atomic E-state index is 0.579. The van der Waals surface area contributed by atoms with Gasteiger partial charge in [-0.25, -0.2) is 0 Å². The minimum Gasteiger partial charge on any atom is -0.0651 e. The van der Waals surface area contributed by atoms with Crippen LogP contribution in [0.15, 0.2) is 0 Å². The van der Waals surface area contributed by atoms with E-state index >= 15 is 0 Å². The third-order valence-electron chi connectivity index (χ3n) is 6.66. The first kappa shape index (κ1) is 16.1. The molecule has 0 nitrogen and oxygen atoms in total. The summed E-state index contributed by atoms with van der Waals surface area (Å²) in [5.41, 5.74) is 1.20. The molecule has 1 aliphatic rings. The SMILES string of the molecule is CCC(C)CC1(CC)CC(C)(CC)C(C)CC1C. The predicted molar refractivity (Wildman–Crippen MR) is 82.8 cm³/mol. The maximum atomic E-state index is 2.55. The third-order valence-corrected chi connectivity index (χ3v) is 6.66. The quantitative estimate of drug-likeness (QED) is 0.538. The smallest absolute Gasteiger partial charge is 0.0267 e. The zero-order valence-corrected chi connectivity index (χ0v) is 14.0. The third kappa shape index (κ3) is 2.94. The first-order chi connectivity index (χ1) is 8.33. The summed E-state index contributed by atoms with van der Waals surface area (Å²) in [6, 6.07) is 0. The van der Waals surface area contributed by atoms with Gasteiger partial charge in [0.15, 0.2) is 0 Å². The predicted octanol–water partition coefficient (Wildman–Crippen LogP) is 6.30. The zero-order valence-electron chi connectivity index (χ0n) is 14.0. The van der Waals surface area contributed by atoms with Crippen molar-refractivity contribution in [2.75, 3.05) is 0 Å². The standard InChI is InChI=1S/C18H36/c1-8-14(4)12-18(10-3)13-17(7,9-2)15(5)11-16(18)6/h14-16H,8-13H2,1-7H3. The van der Waals surface area contributed by atoms with Crippen LogP contribution in [-0.4, -0.2) is 0 Å². The van der Waals surface area contributed by atoms with Crippen LogP contribution in [-0.2, 0) is 0 Å². The molecule has 0 bridgehead atoms. The molecule has 1 fully saturated rings. The van der Waals surface area contributed by atoms with Crippen molar-refractivity contribution >= 4 is 0 Å². The average Bonchev–Trinajstić information content (AvgIpc) is 2.35. The van der Waals surface area contributed by atoms with Crippen molar-refractivity contribution < 1.29 is 0 Å². The Morgan fingerprint density at radius 1 is 1.06 bits per heavy atom. The summed E-state index contributed by atoms with van der Waals surface area (Å²) in [6.45, 7) is 17.2. The van der Waals surface area contributed by atoms with Crippen molar-refractivity contribution in [1.29, 1.82) is 0 Å². The second kappa shape index (κ2) is 5.97. The van der Waals surface area contributed by atoms with Gasteiger partial charge in [-0.15, -0.1) is 0 Å². The van der Waals surface area contributed by atoms with Gasteiger partial charge in [-0.3, -0.25) is 0 Å². The van der Waals surface area contributed by atoms with E-state index in [1.807, 2.05) is 0 Å². The van der Waals surface area contributed by atoms with E-state index in [2.05, 4.69) is 48.5 Å². The van der Waals surface area contributed by atoms with Crippen molar-refractivity contribution in [3.05, 3.63) is 0 Å². The molecule has 18 heavy (non-hydrogen) atoms. The summed E-state index contributed by atoms with van der Waals surface area (Å²) in [6.07, 6.45) is 8.41. The number of hydrogen-bond acceptors (Lipinski definition) is 0. The molecule has 0 amide bonds. The molecule has 5 atom stereocenters. The van der Waals surface area contributed by atoms with Crippen molar-refractivity contribution in [3.8, 4) is 0 Å². The molecule has 0 N–H and O–H groups in total. The Kier molecular flexibility index (Phi) is 5.32. The van der Waals surface area contributed by atoms with Gasteiger partial charge in [0.05, 0.1) is 0 Å². The normalized spacial score (nSPS) is 42.8. The van der Waals surface area contributed by atoms with Crippen LogP contribution in [0.3, 0.4) is 0 Å². The van der Waals surface area contributed by atoms with Crippen LogP contribution in [0.2, 0.25) is 0 Å². The highest BCUT2D eigenvalue weighted by molar-refractivity contribution is 4.98. The van der Waals surface area contributed by atoms with E-state index in [-0.39, 0.29) is 0 Å². The Labute approximate surface area is 116 Å². The second-order valence-electron chi connectivity index (χ2n) is 7.66. The molecular weight excluding hydrogens is 216 g/mol. The van der Waals surface area contributed by atoms with E-state index < -0.39 is 0 Å². The van der Waals surface area contributed by atoms with Gasteiger partial charge in [0.2, 0.25) is 0 Å². The molecule has 108 valence electrons. The lowest BCUT2D eigenvalue weighted by Crippen LogP contribution is -2.45. The molecule has 0 saturated heterocycles. The Hall–Kier alpha value is 0. The first-order valence-electron chi connectivity index (χ1n) is 8.33. The van der Waals surface area contributed by atoms with E-state index in [1.165, 1.54) is 38.5 Å². The van der Waals surface area contributed by atoms with Gasteiger partial charge in [-0.2, -0.15) is 0 Å². The van der Waals surface area contributed by atoms with Crippen LogP contribution in [0.5, 0.6) is 0 Å². The van der Waals surface area contributed by atoms with Crippen molar-refractivity contribution in [2.24, 2.45) is 28.6 Å². The molecule has 1 rings (SSSR count). The molecule has 0 radical (unpaired) electrons. The maximum Gasteiger partial charge on any atom is -0.0267 e. The highest BCUT2D eigenvalue weighted by atomic mass is 14.5. The molecule has 0 aromatic rings. The number of hydrogen-bond donors (Lipinski definition) is 0. The van der Waals surface area contributed by atoms with Gasteiger partial charge >= 0.3 is 0 Å². The zero-order chi connectivity index (χ0) is 14.0. The molecule has 1 saturated carbocycles. The highest BCUT2D eigenvalue weighted by Crippen LogP contribution is 2.57. The van der Waals surface area contributed by atoms with Crippen molar-refractivity contribution in [1.82, 2.24) is 0 Å². The highest BCUT2D eigenvalue weighted by Gasteiger charge is 2.48. The molecule has 0 spiro atoms. The van der Waals surface area contributed by atoms with Gasteiger partial charge < -0.3 is 0 Å². The van der Waals surface area contributed by atoms with Gasteiger partial charge in [0.25, 0.3) is 0 Å². The van der Waals surface area contributed by atoms with Crippen LogP contribution in [0.4, 0.5) is 0 Å². The van der Waals surface area contributed by atoms with Gasteiger partial charge in [0.1, 0.15) is 0 Å². The van der Waals surface area contributed by atoms with E-state index in [9.17, 15) is 0 Å².